The van der Waals surface area contributed by atoms with E-state index in [0.29, 0.717) is 35.2 Å². The maximum absolute atomic E-state index is 14.3. The fourth-order valence-electron chi connectivity index (χ4n) is 4.98. The molecule has 222 valence electrons. The first-order valence-electron chi connectivity index (χ1n) is 13.9. The van der Waals surface area contributed by atoms with Gasteiger partial charge in [-0.05, 0) is 59.8 Å². The summed E-state index contributed by atoms with van der Waals surface area (Å²) in [4.78, 5) is 44.5. The number of piperazine rings is 1. The molecule has 1 fully saturated rings. The van der Waals surface area contributed by atoms with E-state index in [2.05, 4.69) is 5.32 Å². The van der Waals surface area contributed by atoms with Gasteiger partial charge in [0, 0.05) is 30.2 Å². The van der Waals surface area contributed by atoms with E-state index in [1.54, 1.807) is 17.0 Å². The maximum Gasteiger partial charge on any atom is 0.325 e. The number of carbonyl (C=O) groups is 3. The van der Waals surface area contributed by atoms with Gasteiger partial charge in [-0.1, -0.05) is 54.6 Å². The van der Waals surface area contributed by atoms with Crippen LogP contribution in [0.1, 0.15) is 22.0 Å². The van der Waals surface area contributed by atoms with Crippen molar-refractivity contribution >= 4 is 46.4 Å². The van der Waals surface area contributed by atoms with E-state index in [4.69, 9.17) is 21.1 Å². The van der Waals surface area contributed by atoms with Gasteiger partial charge in [-0.3, -0.25) is 19.3 Å². The van der Waals surface area contributed by atoms with Crippen LogP contribution in [-0.2, 0) is 25.7 Å². The summed E-state index contributed by atoms with van der Waals surface area (Å²) >= 11 is 7.51. The second-order valence-corrected chi connectivity index (χ2v) is 11.3. The summed E-state index contributed by atoms with van der Waals surface area (Å²) in [5.74, 6) is -0.177. The van der Waals surface area contributed by atoms with Gasteiger partial charge in [-0.15, -0.1) is 22.9 Å². The number of carbonyl (C=O) groups excluding carboxylic acids is 3. The lowest BCUT2D eigenvalue weighted by molar-refractivity contribution is -0.150. The van der Waals surface area contributed by atoms with Crippen LogP contribution in [0.4, 0.5) is 5.69 Å². The summed E-state index contributed by atoms with van der Waals surface area (Å²) in [7, 11) is 0. The third-order valence-corrected chi connectivity index (χ3v) is 8.24. The van der Waals surface area contributed by atoms with Crippen molar-refractivity contribution in [2.24, 2.45) is 0 Å². The van der Waals surface area contributed by atoms with Gasteiger partial charge in [0.2, 0.25) is 5.91 Å². The van der Waals surface area contributed by atoms with Crippen molar-refractivity contribution in [3.05, 3.63) is 112 Å². The molecule has 0 aliphatic carbocycles. The zero-order valence-corrected chi connectivity index (χ0v) is 25.2. The van der Waals surface area contributed by atoms with E-state index >= 15 is 0 Å². The van der Waals surface area contributed by atoms with Crippen molar-refractivity contribution in [1.82, 2.24) is 10.2 Å². The smallest absolute Gasteiger partial charge is 0.325 e. The molecule has 3 aromatic carbocycles. The predicted molar refractivity (Wildman–Crippen MR) is 168 cm³/mol. The van der Waals surface area contributed by atoms with Crippen LogP contribution >= 0.6 is 22.9 Å². The van der Waals surface area contributed by atoms with Gasteiger partial charge in [0.1, 0.15) is 36.1 Å². The predicted octanol–water partition coefficient (Wildman–Crippen LogP) is 5.71. The Morgan fingerprint density at radius 3 is 2.42 bits per heavy atom. The quantitative estimate of drug-likeness (QED) is 0.181. The van der Waals surface area contributed by atoms with Gasteiger partial charge < -0.3 is 19.7 Å². The number of amides is 2. The van der Waals surface area contributed by atoms with Gasteiger partial charge in [0.25, 0.3) is 5.91 Å². The lowest BCUT2D eigenvalue weighted by Gasteiger charge is -2.38. The van der Waals surface area contributed by atoms with Gasteiger partial charge in [0.15, 0.2) is 0 Å². The molecule has 0 bridgehead atoms. The normalized spacial score (nSPS) is 15.4. The number of hydrogen-bond donors (Lipinski definition) is 1. The van der Waals surface area contributed by atoms with Crippen molar-refractivity contribution < 1.29 is 23.9 Å². The number of anilines is 1. The number of hydrogen-bond acceptors (Lipinski definition) is 7. The third-order valence-electron chi connectivity index (χ3n) is 7.09. The number of thiophene rings is 1. The first-order chi connectivity index (χ1) is 20.9. The summed E-state index contributed by atoms with van der Waals surface area (Å²) in [6, 6.07) is 26.2. The van der Waals surface area contributed by atoms with Crippen LogP contribution in [0, 0.1) is 6.92 Å². The van der Waals surface area contributed by atoms with Crippen LogP contribution in [0.5, 0.6) is 11.5 Å². The number of para-hydroxylation sites is 1. The molecule has 1 aliphatic rings. The number of esters is 1. The molecule has 2 heterocycles. The number of halogens is 1. The lowest BCUT2D eigenvalue weighted by Crippen LogP contribution is -2.58. The van der Waals surface area contributed by atoms with Crippen molar-refractivity contribution in [2.75, 3.05) is 30.4 Å². The number of ether oxygens (including phenoxy) is 2. The van der Waals surface area contributed by atoms with Crippen LogP contribution in [0.2, 0.25) is 0 Å². The van der Waals surface area contributed by atoms with Gasteiger partial charge >= 0.3 is 5.97 Å². The first kappa shape index (κ1) is 30.3. The average Bonchev–Trinajstić information content (AvgIpc) is 3.58. The summed E-state index contributed by atoms with van der Waals surface area (Å²) in [5, 5.41) is 5.03. The molecule has 1 aliphatic heterocycles. The summed E-state index contributed by atoms with van der Waals surface area (Å²) in [6.07, 6.45) is 0. The molecule has 1 aromatic heterocycles. The van der Waals surface area contributed by atoms with Crippen LogP contribution in [0.3, 0.4) is 0 Å². The highest BCUT2D eigenvalue weighted by Gasteiger charge is 2.39. The number of nitrogens with zero attached hydrogens (tertiary/aromatic N) is 2. The van der Waals surface area contributed by atoms with E-state index in [1.807, 2.05) is 91.2 Å². The Morgan fingerprint density at radius 1 is 1.00 bits per heavy atom. The van der Waals surface area contributed by atoms with Crippen molar-refractivity contribution in [2.45, 2.75) is 25.6 Å². The molecule has 1 N–H and O–H groups in total. The molecule has 1 saturated heterocycles. The topological polar surface area (TPSA) is 88.2 Å². The molecule has 10 heteroatoms. The molecule has 0 radical (unpaired) electrons. The number of benzene rings is 3. The number of nitrogens with one attached hydrogen (secondary N) is 1. The van der Waals surface area contributed by atoms with E-state index in [-0.39, 0.29) is 24.9 Å². The molecular formula is C33H32ClN3O5S. The molecular weight excluding hydrogens is 586 g/mol. The average molecular weight is 618 g/mol. The minimum Gasteiger partial charge on any atom is -0.460 e. The monoisotopic (exact) mass is 617 g/mol. The molecule has 2 amide bonds. The standard InChI is InChI=1S/C33H32ClN3O5S/c1-23-19-26(42-25-11-6-3-7-12-25)14-15-28(23)37(30(38)20-34)31(29-13-8-18-43-29)32(39)36-17-16-35-27(21-36)33(40)41-22-24-9-4-2-5-10-24/h2-15,18-19,27,31,35H,16-17,20-22H2,1H3. The molecule has 5 rings (SSSR count). The van der Waals surface area contributed by atoms with E-state index in [1.165, 1.54) is 16.2 Å². The van der Waals surface area contributed by atoms with Crippen molar-refractivity contribution in [3.8, 4) is 11.5 Å². The van der Waals surface area contributed by atoms with Crippen LogP contribution < -0.4 is 15.0 Å². The van der Waals surface area contributed by atoms with Crippen LogP contribution in [0.25, 0.3) is 0 Å². The molecule has 2 atom stereocenters. The minimum atomic E-state index is -0.968. The summed E-state index contributed by atoms with van der Waals surface area (Å²) in [5.41, 5.74) is 2.17. The zero-order chi connectivity index (χ0) is 30.2. The second kappa shape index (κ2) is 14.3. The SMILES string of the molecule is Cc1cc(Oc2ccccc2)ccc1N(C(=O)CCl)C(C(=O)N1CCNC(C(=O)OCc2ccccc2)C1)c1cccs1. The fraction of sp³-hybridized carbons (Fsp3) is 0.242. The summed E-state index contributed by atoms with van der Waals surface area (Å²) < 4.78 is 11.5. The lowest BCUT2D eigenvalue weighted by atomic mass is 10.1. The first-order valence-corrected chi connectivity index (χ1v) is 15.3. The Balaban J connectivity index is 1.39. The number of rotatable bonds is 10. The Morgan fingerprint density at radius 2 is 1.74 bits per heavy atom. The molecule has 0 saturated carbocycles. The summed E-state index contributed by atoms with van der Waals surface area (Å²) in [6.45, 7) is 2.89. The van der Waals surface area contributed by atoms with E-state index in [0.717, 1.165) is 11.1 Å². The zero-order valence-electron chi connectivity index (χ0n) is 23.6. The molecule has 43 heavy (non-hydrogen) atoms. The number of aryl methyl sites for hydroxylation is 1. The third kappa shape index (κ3) is 7.43. The fourth-order valence-corrected chi connectivity index (χ4v) is 5.92. The maximum atomic E-state index is 14.3. The van der Waals surface area contributed by atoms with E-state index in [9.17, 15) is 14.4 Å². The Bertz CT molecular complexity index is 1530. The van der Waals surface area contributed by atoms with Crippen molar-refractivity contribution in [3.63, 3.8) is 0 Å². The Labute approximate surface area is 259 Å². The molecule has 0 spiro atoms. The largest absolute Gasteiger partial charge is 0.460 e. The minimum absolute atomic E-state index is 0.111. The second-order valence-electron chi connectivity index (χ2n) is 10.1. The van der Waals surface area contributed by atoms with Gasteiger partial charge in [-0.25, -0.2) is 0 Å². The van der Waals surface area contributed by atoms with Crippen molar-refractivity contribution in [1.29, 1.82) is 0 Å². The highest BCUT2D eigenvalue weighted by molar-refractivity contribution is 7.10. The molecule has 8 nitrogen and oxygen atoms in total. The number of alkyl halides is 1. The highest BCUT2D eigenvalue weighted by atomic mass is 35.5. The highest BCUT2D eigenvalue weighted by Crippen LogP contribution is 2.36. The van der Waals surface area contributed by atoms with Crippen LogP contribution in [0.15, 0.2) is 96.4 Å². The molecule has 4 aromatic rings. The van der Waals surface area contributed by atoms with E-state index < -0.39 is 24.0 Å². The Hall–Kier alpha value is -4.18. The van der Waals surface area contributed by atoms with Crippen LogP contribution in [-0.4, -0.2) is 54.2 Å². The van der Waals surface area contributed by atoms with Gasteiger partial charge in [0.05, 0.1) is 0 Å². The van der Waals surface area contributed by atoms with Gasteiger partial charge in [-0.2, -0.15) is 0 Å². The molecule has 2 unspecified atom stereocenters. The Kier molecular flexibility index (Phi) is 10.1.